The van der Waals surface area contributed by atoms with E-state index in [0.29, 0.717) is 46.4 Å². The fraction of sp³-hybridized carbons (Fsp3) is 0.543. The molecule has 12 aliphatic rings. The number of methoxy groups -OCH3 is 1. The molecule has 4 aromatic carbocycles. The summed E-state index contributed by atoms with van der Waals surface area (Å²) in [6, 6.07) is 10.2. The number of phenolic OH excluding ortho intramolecular Hbond substituents is 1. The Morgan fingerprint density at radius 3 is 2.64 bits per heavy atom. The lowest BCUT2D eigenvalue weighted by Gasteiger charge is -2.58. The lowest BCUT2D eigenvalue weighted by molar-refractivity contribution is -0.328. The second-order valence-corrected chi connectivity index (χ2v) is 27.9. The molecule has 3 spiro atoms. The van der Waals surface area contributed by atoms with E-state index in [0.717, 1.165) is 114 Å². The SMILES string of the molecule is COc1c2c3c4c(O)c(c5c6c4c1CCC6=C[C@@H]1CCC[C@H]51)C(=O)CN1Cc4c(cccc4C1=O)CC#CO[C@H]1[C@H](O)[C@@H](CO[C@@H](c4c[nH]c5cc6c(cc45)[C@@]4(CC6)C[C@]5(O)CCC[C@@H]5C[C@@]45CCC4(CCCC4)C5)/C=C/2)O[C@H](O3)[C@@]1(O)CO. The monoisotopic (exact) mass is 1130 g/mol. The molecule has 6 N–H and O–H groups in total. The van der Waals surface area contributed by atoms with Crippen LogP contribution in [0.25, 0.3) is 33.3 Å². The maximum absolute atomic E-state index is 15.6. The van der Waals surface area contributed by atoms with Crippen LogP contribution in [0.15, 0.2) is 48.7 Å². The number of nitrogens with one attached hydrogen (secondary N) is 1. The zero-order valence-corrected chi connectivity index (χ0v) is 47.8. The van der Waals surface area contributed by atoms with Gasteiger partial charge in [-0.05, 0) is 188 Å². The zero-order chi connectivity index (χ0) is 56.8. The minimum atomic E-state index is -2.47. The second kappa shape index (κ2) is 18.4. The predicted octanol–water partition coefficient (Wildman–Crippen LogP) is 10.2. The number of aliphatic hydroxyl groups excluding tert-OH is 2. The Hall–Kier alpha value is -6.18. The first-order chi connectivity index (χ1) is 40.8. The maximum Gasteiger partial charge on any atom is 0.254 e. The van der Waals surface area contributed by atoms with Crippen LogP contribution in [0.4, 0.5) is 0 Å². The zero-order valence-electron chi connectivity index (χ0n) is 47.8. The molecule has 5 heterocycles. The quantitative estimate of drug-likeness (QED) is 0.0936. The summed E-state index contributed by atoms with van der Waals surface area (Å²) in [5.41, 5.74) is 7.74. The summed E-state index contributed by atoms with van der Waals surface area (Å²) >= 11 is 0. The van der Waals surface area contributed by atoms with Crippen molar-refractivity contribution in [1.29, 1.82) is 0 Å². The molecule has 14 nitrogen and oxygen atoms in total. The van der Waals surface area contributed by atoms with Gasteiger partial charge >= 0.3 is 0 Å². The van der Waals surface area contributed by atoms with Crippen molar-refractivity contribution in [2.75, 3.05) is 26.9 Å². The van der Waals surface area contributed by atoms with Crippen molar-refractivity contribution in [1.82, 2.24) is 9.88 Å². The van der Waals surface area contributed by atoms with Crippen LogP contribution >= 0.6 is 0 Å². The number of Topliss-reactive ketones (excluding diaryl/α,β-unsaturated/α-hetero) is 1. The van der Waals surface area contributed by atoms with Gasteiger partial charge in [-0.3, -0.25) is 9.59 Å². The summed E-state index contributed by atoms with van der Waals surface area (Å²) in [5.74, 6) is 2.98. The highest BCUT2D eigenvalue weighted by Gasteiger charge is 2.68. The standard InChI is InChI=1S/C70H74N2O12/c1-80-61-44-15-14-40-26-38-9-5-12-42(38)55-54(40)56(44)58-60(76)57(55)51(74)32-72-31-48-37(8-4-13-43(48)64(72)77)10-7-25-81-63-59(75)53-33-82-52(17-16-45(61)62(58)84-65(83-53)70(63,79)36-73)47-30-71-50-27-39-18-22-68(49(39)28-46(47)50)35-69(78)21-6-11-41(69)29-67(68)24-23-66(34-67)19-2-3-20-66/h4,8,13,16-17,26-28,30,38,41-42,52-53,59,63,65,71,73,75-76,78-79H,2-3,5-6,9-12,14-15,18-24,29,31-36H2,1H3/b17-16+/t38-,41+,42-,52+,53+,59+,63-,65+,67+,68+,69+,70+/m0/s1. The smallest absolute Gasteiger partial charge is 0.254 e. The first-order valence-corrected chi connectivity index (χ1v) is 31.5. The topological polar surface area (TPSA) is 200 Å². The van der Waals surface area contributed by atoms with Crippen molar-refractivity contribution in [3.05, 3.63) is 110 Å². The number of hydrogen-bond donors (Lipinski definition) is 6. The second-order valence-electron chi connectivity index (χ2n) is 27.9. The minimum Gasteiger partial charge on any atom is -0.506 e. The molecule has 8 bridgehead atoms. The predicted molar refractivity (Wildman–Crippen MR) is 312 cm³/mol. The van der Waals surface area contributed by atoms with Crippen LogP contribution < -0.4 is 9.47 Å². The number of aromatic nitrogens is 1. The number of H-pyrrole nitrogens is 1. The van der Waals surface area contributed by atoms with E-state index < -0.39 is 54.3 Å². The van der Waals surface area contributed by atoms with Gasteiger partial charge in [0.25, 0.3) is 5.91 Å². The summed E-state index contributed by atoms with van der Waals surface area (Å²) in [5, 5.41) is 65.1. The van der Waals surface area contributed by atoms with Crippen molar-refractivity contribution < 1.29 is 58.8 Å². The van der Waals surface area contributed by atoms with E-state index in [1.54, 1.807) is 24.1 Å². The number of amides is 1. The van der Waals surface area contributed by atoms with Crippen molar-refractivity contribution >= 4 is 45.0 Å². The molecule has 436 valence electrons. The molecule has 84 heavy (non-hydrogen) atoms. The summed E-state index contributed by atoms with van der Waals surface area (Å²) < 4.78 is 33.8. The molecule has 6 fully saturated rings. The molecule has 1 aromatic heterocycles. The number of aromatic amines is 1. The maximum atomic E-state index is 15.6. The van der Waals surface area contributed by atoms with Crippen molar-refractivity contribution in [2.45, 2.75) is 188 Å². The number of carbonyl (C=O) groups excluding carboxylic acids is 2. The third-order valence-corrected chi connectivity index (χ3v) is 24.1. The number of carbonyl (C=O) groups is 2. The van der Waals surface area contributed by atoms with Crippen molar-refractivity contribution in [3.63, 3.8) is 0 Å². The highest BCUT2D eigenvalue weighted by Crippen LogP contribution is 2.74. The Labute approximate surface area is 488 Å². The molecule has 0 unspecified atom stereocenters. The number of allylic oxidation sites excluding steroid dienone is 2. The largest absolute Gasteiger partial charge is 0.506 e. The van der Waals surface area contributed by atoms with Crippen molar-refractivity contribution in [3.8, 4) is 29.3 Å². The van der Waals surface area contributed by atoms with Gasteiger partial charge in [-0.15, -0.1) is 0 Å². The van der Waals surface area contributed by atoms with Crippen LogP contribution in [0.2, 0.25) is 0 Å². The summed E-state index contributed by atoms with van der Waals surface area (Å²) in [4.78, 5) is 35.1. The Morgan fingerprint density at radius 2 is 1.79 bits per heavy atom. The van der Waals surface area contributed by atoms with Gasteiger partial charge in [-0.2, -0.15) is 0 Å². The Balaban J connectivity index is 0.878. The van der Waals surface area contributed by atoms with E-state index in [1.807, 2.05) is 24.4 Å². The van der Waals surface area contributed by atoms with Gasteiger partial charge in [0.15, 0.2) is 17.5 Å². The number of nitrogens with zero attached hydrogens (tertiary/aromatic N) is 1. The average molecular weight is 1140 g/mol. The molecular formula is C70H74N2O12. The third-order valence-electron chi connectivity index (χ3n) is 24.1. The number of ketones is 1. The van der Waals surface area contributed by atoms with Crippen LogP contribution in [0.3, 0.4) is 0 Å². The van der Waals surface area contributed by atoms with Crippen LogP contribution in [0, 0.1) is 34.7 Å². The Morgan fingerprint density at radius 1 is 0.905 bits per heavy atom. The van der Waals surface area contributed by atoms with Gasteiger partial charge in [-0.25, -0.2) is 0 Å². The molecule has 5 aromatic rings. The highest BCUT2D eigenvalue weighted by molar-refractivity contribution is 6.17. The number of fused-ring (bicyclic) bond motifs is 12. The summed E-state index contributed by atoms with van der Waals surface area (Å²) in [6.45, 7) is -1.35. The first-order valence-electron chi connectivity index (χ1n) is 31.5. The summed E-state index contributed by atoms with van der Waals surface area (Å²) in [7, 11) is 1.61. The van der Waals surface area contributed by atoms with E-state index in [-0.39, 0.29) is 77.1 Å². The first kappa shape index (κ1) is 52.2. The number of benzene rings is 4. The lowest BCUT2D eigenvalue weighted by atomic mass is 9.47. The van der Waals surface area contributed by atoms with Gasteiger partial charge in [0.1, 0.15) is 41.7 Å². The molecule has 0 radical (unpaired) electrons. The molecular weight excluding hydrogens is 1060 g/mol. The number of hydrogen-bond acceptors (Lipinski definition) is 12. The summed E-state index contributed by atoms with van der Waals surface area (Å²) in [6.07, 6.45) is 23.8. The van der Waals surface area contributed by atoms with Gasteiger partial charge in [0, 0.05) is 57.6 Å². The fourth-order valence-electron chi connectivity index (χ4n) is 20.3. The van der Waals surface area contributed by atoms with E-state index >= 15 is 4.79 Å². The number of aryl methyl sites for hydroxylation is 2. The highest BCUT2D eigenvalue weighted by atomic mass is 16.7. The molecule has 4 aliphatic heterocycles. The molecule has 14 heteroatoms. The van der Waals surface area contributed by atoms with Gasteiger partial charge < -0.3 is 59.1 Å². The number of ether oxygens (including phenoxy) is 5. The molecule has 1 amide bonds. The van der Waals surface area contributed by atoms with Crippen LogP contribution in [0.5, 0.6) is 17.2 Å². The lowest BCUT2D eigenvalue weighted by Crippen LogP contribution is -2.70. The molecule has 5 saturated carbocycles. The van der Waals surface area contributed by atoms with E-state index in [2.05, 4.69) is 35.2 Å². The molecule has 17 rings (SSSR count). The van der Waals surface area contributed by atoms with Crippen LogP contribution in [-0.4, -0.2) is 110 Å². The van der Waals surface area contributed by atoms with Crippen LogP contribution in [-0.2, 0) is 45.4 Å². The van der Waals surface area contributed by atoms with Gasteiger partial charge in [-0.1, -0.05) is 55.9 Å². The molecule has 8 aliphatic carbocycles. The average Bonchev–Trinajstić information content (AvgIpc) is 1.42. The van der Waals surface area contributed by atoms with E-state index in [4.69, 9.17) is 23.7 Å². The van der Waals surface area contributed by atoms with E-state index in [1.165, 1.54) is 56.1 Å². The van der Waals surface area contributed by atoms with Crippen molar-refractivity contribution in [2.24, 2.45) is 22.7 Å². The number of rotatable bonds is 3. The number of phenols is 1. The number of aliphatic hydroxyl groups is 4. The Bertz CT molecular complexity index is 3840. The minimum absolute atomic E-state index is 0.0277. The molecule has 1 saturated heterocycles. The fourth-order valence-corrected chi connectivity index (χ4v) is 20.3. The third kappa shape index (κ3) is 7.08. The van der Waals surface area contributed by atoms with E-state index in [9.17, 15) is 30.3 Å². The van der Waals surface area contributed by atoms with Crippen LogP contribution in [0.1, 0.15) is 192 Å². The van der Waals surface area contributed by atoms with Gasteiger partial charge in [0.2, 0.25) is 6.29 Å². The number of aromatic hydroxyl groups is 1. The van der Waals surface area contributed by atoms with Gasteiger partial charge in [0.05, 0.1) is 49.0 Å². The normalized spacial score (nSPS) is 36.0. The molecule has 12 atom stereocenters. The Kier molecular flexibility index (Phi) is 11.4.